The maximum absolute atomic E-state index is 9.83. The number of rotatable bonds is 8. The molecule has 1 aromatic carbocycles. The lowest BCUT2D eigenvalue weighted by Gasteiger charge is -2.25. The molecule has 3 nitrogen and oxygen atoms in total. The van der Waals surface area contributed by atoms with E-state index >= 15 is 0 Å². The molecular weight excluding hydrogens is 276 g/mol. The predicted octanol–water partition coefficient (Wildman–Crippen LogP) is 4.01. The fraction of sp³-hybridized carbons (Fsp3) is 0.684. The molecule has 2 unspecified atom stereocenters. The zero-order valence-electron chi connectivity index (χ0n) is 14.7. The van der Waals surface area contributed by atoms with Crippen LogP contribution >= 0.6 is 0 Å². The first-order valence-electron chi connectivity index (χ1n) is 8.39. The second-order valence-electron chi connectivity index (χ2n) is 7.03. The second-order valence-corrected chi connectivity index (χ2v) is 7.03. The predicted molar refractivity (Wildman–Crippen MR) is 91.7 cm³/mol. The van der Waals surface area contributed by atoms with Crippen molar-refractivity contribution >= 4 is 0 Å². The highest BCUT2D eigenvalue weighted by molar-refractivity contribution is 5.42. The van der Waals surface area contributed by atoms with E-state index in [9.17, 15) is 5.11 Å². The smallest absolute Gasteiger partial charge is 0.122 e. The summed E-state index contributed by atoms with van der Waals surface area (Å²) in [6.07, 6.45) is 1.76. The summed E-state index contributed by atoms with van der Waals surface area (Å²) >= 11 is 0. The van der Waals surface area contributed by atoms with Crippen molar-refractivity contribution in [1.82, 2.24) is 0 Å². The quantitative estimate of drug-likeness (QED) is 0.763. The fourth-order valence-electron chi connectivity index (χ4n) is 2.59. The summed E-state index contributed by atoms with van der Waals surface area (Å²) in [5.74, 6) is 1.10. The highest BCUT2D eigenvalue weighted by Gasteiger charge is 2.22. The van der Waals surface area contributed by atoms with Crippen molar-refractivity contribution in [2.75, 3.05) is 13.2 Å². The first-order valence-corrected chi connectivity index (χ1v) is 8.39. The highest BCUT2D eigenvalue weighted by Crippen LogP contribution is 2.36. The lowest BCUT2D eigenvalue weighted by Crippen LogP contribution is -2.18. The van der Waals surface area contributed by atoms with E-state index in [1.807, 2.05) is 0 Å². The van der Waals surface area contributed by atoms with Crippen molar-refractivity contribution < 1.29 is 14.9 Å². The van der Waals surface area contributed by atoms with E-state index in [1.54, 1.807) is 0 Å². The highest BCUT2D eigenvalue weighted by atomic mass is 16.5. The standard InChI is InChI=1S/C19H32O3/c1-6-10-22-18-9-8-15(19(3,4)5)12-17(18)14(7-2)11-16(21)13-20/h8-9,12,14,16,20-21H,6-7,10-11,13H2,1-5H3. The van der Waals surface area contributed by atoms with E-state index < -0.39 is 6.10 Å². The summed E-state index contributed by atoms with van der Waals surface area (Å²) in [7, 11) is 0. The number of hydrogen-bond donors (Lipinski definition) is 2. The molecule has 0 amide bonds. The molecule has 0 saturated carbocycles. The number of aliphatic hydroxyl groups excluding tert-OH is 2. The van der Waals surface area contributed by atoms with Gasteiger partial charge in [0.15, 0.2) is 0 Å². The lowest BCUT2D eigenvalue weighted by molar-refractivity contribution is 0.0814. The molecule has 0 aliphatic heterocycles. The summed E-state index contributed by atoms with van der Waals surface area (Å²) in [5, 5.41) is 19.0. The molecule has 2 N–H and O–H groups in total. The van der Waals surface area contributed by atoms with E-state index in [4.69, 9.17) is 9.84 Å². The second kappa shape index (κ2) is 8.54. The molecule has 0 radical (unpaired) electrons. The number of aliphatic hydroxyl groups is 2. The zero-order valence-corrected chi connectivity index (χ0v) is 14.7. The molecule has 0 aromatic heterocycles. The maximum atomic E-state index is 9.83. The molecule has 126 valence electrons. The van der Waals surface area contributed by atoms with Gasteiger partial charge in [0.2, 0.25) is 0 Å². The van der Waals surface area contributed by atoms with Gasteiger partial charge in [-0.2, -0.15) is 0 Å². The first-order chi connectivity index (χ1) is 10.3. The van der Waals surface area contributed by atoms with E-state index in [1.165, 1.54) is 5.56 Å². The fourth-order valence-corrected chi connectivity index (χ4v) is 2.59. The summed E-state index contributed by atoms with van der Waals surface area (Å²) in [6, 6.07) is 6.40. The Bertz CT molecular complexity index is 448. The van der Waals surface area contributed by atoms with Crippen molar-refractivity contribution in [3.05, 3.63) is 29.3 Å². The van der Waals surface area contributed by atoms with Crippen molar-refractivity contribution in [2.45, 2.75) is 71.3 Å². The SMILES string of the molecule is CCCOc1ccc(C(C)(C)C)cc1C(CC)CC(O)CO. The van der Waals surface area contributed by atoms with Crippen LogP contribution in [0.25, 0.3) is 0 Å². The van der Waals surface area contributed by atoms with Crippen LogP contribution in [0.3, 0.4) is 0 Å². The molecule has 0 bridgehead atoms. The van der Waals surface area contributed by atoms with Crippen LogP contribution in [0.5, 0.6) is 5.75 Å². The molecule has 3 heteroatoms. The largest absolute Gasteiger partial charge is 0.493 e. The van der Waals surface area contributed by atoms with Gasteiger partial charge >= 0.3 is 0 Å². The zero-order chi connectivity index (χ0) is 16.8. The van der Waals surface area contributed by atoms with E-state index in [2.05, 4.69) is 52.8 Å². The van der Waals surface area contributed by atoms with Gasteiger partial charge < -0.3 is 14.9 Å². The normalized spacial score (nSPS) is 14.7. The summed E-state index contributed by atoms with van der Waals surface area (Å²) in [4.78, 5) is 0. The molecule has 0 heterocycles. The van der Waals surface area contributed by atoms with Gasteiger partial charge in [0.25, 0.3) is 0 Å². The van der Waals surface area contributed by atoms with Crippen LogP contribution in [0.1, 0.15) is 70.9 Å². The van der Waals surface area contributed by atoms with Crippen LogP contribution in [0.4, 0.5) is 0 Å². The Morgan fingerprint density at radius 3 is 2.36 bits per heavy atom. The lowest BCUT2D eigenvalue weighted by atomic mass is 9.82. The molecule has 0 spiro atoms. The van der Waals surface area contributed by atoms with Crippen molar-refractivity contribution in [3.8, 4) is 5.75 Å². The molecule has 0 aliphatic rings. The van der Waals surface area contributed by atoms with E-state index in [0.717, 1.165) is 24.2 Å². The van der Waals surface area contributed by atoms with Gasteiger partial charge in [-0.15, -0.1) is 0 Å². The Kier molecular flexibility index (Phi) is 7.37. The Balaban J connectivity index is 3.18. The van der Waals surface area contributed by atoms with Crippen molar-refractivity contribution in [2.24, 2.45) is 0 Å². The minimum Gasteiger partial charge on any atom is -0.493 e. The number of benzene rings is 1. The van der Waals surface area contributed by atoms with Gasteiger partial charge in [-0.05, 0) is 47.8 Å². The van der Waals surface area contributed by atoms with Gasteiger partial charge in [0.1, 0.15) is 5.75 Å². The summed E-state index contributed by atoms with van der Waals surface area (Å²) < 4.78 is 5.91. The summed E-state index contributed by atoms with van der Waals surface area (Å²) in [5.41, 5.74) is 2.49. The topological polar surface area (TPSA) is 49.7 Å². The first kappa shape index (κ1) is 19.0. The summed E-state index contributed by atoms with van der Waals surface area (Å²) in [6.45, 7) is 11.3. The molecule has 0 aliphatic carbocycles. The van der Waals surface area contributed by atoms with Crippen LogP contribution in [0.2, 0.25) is 0 Å². The Labute approximate surface area is 135 Å². The van der Waals surface area contributed by atoms with Crippen LogP contribution in [-0.4, -0.2) is 29.5 Å². The van der Waals surface area contributed by atoms with Gasteiger partial charge in [-0.3, -0.25) is 0 Å². The molecule has 22 heavy (non-hydrogen) atoms. The minimum absolute atomic E-state index is 0.0753. The van der Waals surface area contributed by atoms with E-state index in [0.29, 0.717) is 13.0 Å². The van der Waals surface area contributed by atoms with Gasteiger partial charge in [-0.25, -0.2) is 0 Å². The number of ether oxygens (including phenoxy) is 1. The molecule has 1 rings (SSSR count). The third-order valence-electron chi connectivity index (χ3n) is 4.04. The third kappa shape index (κ3) is 5.29. The Morgan fingerprint density at radius 2 is 1.86 bits per heavy atom. The van der Waals surface area contributed by atoms with E-state index in [-0.39, 0.29) is 17.9 Å². The molecule has 2 atom stereocenters. The third-order valence-corrected chi connectivity index (χ3v) is 4.04. The van der Waals surface area contributed by atoms with Gasteiger partial charge in [0, 0.05) is 0 Å². The molecule has 0 saturated heterocycles. The van der Waals surface area contributed by atoms with Crippen LogP contribution in [0, 0.1) is 0 Å². The molecular formula is C19H32O3. The minimum atomic E-state index is -0.678. The average Bonchev–Trinajstić information content (AvgIpc) is 2.49. The van der Waals surface area contributed by atoms with Crippen LogP contribution in [0.15, 0.2) is 18.2 Å². The number of hydrogen-bond acceptors (Lipinski definition) is 3. The van der Waals surface area contributed by atoms with Gasteiger partial charge in [0.05, 0.1) is 19.3 Å². The monoisotopic (exact) mass is 308 g/mol. The molecule has 0 fully saturated rings. The van der Waals surface area contributed by atoms with Crippen molar-refractivity contribution in [3.63, 3.8) is 0 Å². The molecule has 1 aromatic rings. The van der Waals surface area contributed by atoms with Crippen molar-refractivity contribution in [1.29, 1.82) is 0 Å². The van der Waals surface area contributed by atoms with Crippen LogP contribution in [-0.2, 0) is 5.41 Å². The Hall–Kier alpha value is -1.06. The average molecular weight is 308 g/mol. The van der Waals surface area contributed by atoms with Crippen LogP contribution < -0.4 is 4.74 Å². The maximum Gasteiger partial charge on any atom is 0.122 e. The van der Waals surface area contributed by atoms with Gasteiger partial charge in [-0.1, -0.05) is 46.8 Å². The Morgan fingerprint density at radius 1 is 1.18 bits per heavy atom.